The fraction of sp³-hybridized carbons (Fsp3) is 0.957. The predicted octanol–water partition coefficient (Wildman–Crippen LogP) is 5.10. The molecule has 0 heterocycles. The van der Waals surface area contributed by atoms with Gasteiger partial charge in [-0.15, -0.1) is 0 Å². The smallest absolute Gasteiger partial charge is 0.302 e. The van der Waals surface area contributed by atoms with Crippen molar-refractivity contribution in [3.63, 3.8) is 0 Å². The van der Waals surface area contributed by atoms with Crippen molar-refractivity contribution in [2.45, 2.75) is 104 Å². The van der Waals surface area contributed by atoms with Gasteiger partial charge in [0, 0.05) is 6.92 Å². The van der Waals surface area contributed by atoms with Crippen molar-refractivity contribution in [1.29, 1.82) is 0 Å². The monoisotopic (exact) mass is 362 g/mol. The summed E-state index contributed by atoms with van der Waals surface area (Å²) < 4.78 is 5.58. The molecule has 3 nitrogen and oxygen atoms in total. The Bertz CT molecular complexity index is 574. The van der Waals surface area contributed by atoms with Crippen LogP contribution >= 0.6 is 0 Å². The second kappa shape index (κ2) is 6.22. The van der Waals surface area contributed by atoms with Gasteiger partial charge in [-0.25, -0.2) is 0 Å². The average molecular weight is 363 g/mol. The molecular formula is C23H38O3. The normalized spacial score (nSPS) is 53.3. The number of carbonyl (C=O) groups excluding carboxylic acids is 1. The zero-order valence-electron chi connectivity index (χ0n) is 17.2. The minimum absolute atomic E-state index is 0.120. The third-order valence-electron chi connectivity index (χ3n) is 9.86. The Hall–Kier alpha value is -0.570. The maximum absolute atomic E-state index is 11.4. The molecular weight excluding hydrogens is 324 g/mol. The molecule has 3 heteroatoms. The Balaban J connectivity index is 1.55. The molecule has 148 valence electrons. The first kappa shape index (κ1) is 18.8. The SMILES string of the molecule is CC[C@]1(O)CC[C@H]2[C@H]3CC[C@H]4C[C@@H](OC(C)=O)CC[C@]4(C)[C@@H]3CC[C@]21C. The van der Waals surface area contributed by atoms with E-state index < -0.39 is 5.60 Å². The molecule has 26 heavy (non-hydrogen) atoms. The molecule has 0 radical (unpaired) electrons. The van der Waals surface area contributed by atoms with Gasteiger partial charge in [-0.3, -0.25) is 4.79 Å². The summed E-state index contributed by atoms with van der Waals surface area (Å²) in [5.41, 5.74) is 0.0995. The molecule has 0 aliphatic heterocycles. The number of carbonyl (C=O) groups is 1. The van der Waals surface area contributed by atoms with Crippen molar-refractivity contribution in [3.05, 3.63) is 0 Å². The summed E-state index contributed by atoms with van der Waals surface area (Å²) in [4.78, 5) is 11.4. The van der Waals surface area contributed by atoms with Gasteiger partial charge in [-0.2, -0.15) is 0 Å². The third kappa shape index (κ3) is 2.52. The Labute approximate surface area is 159 Å². The standard InChI is InChI=1S/C23H38O3/c1-5-23(25)13-10-20-18-7-6-16-14-17(26-15(2)24)8-11-21(16,3)19(18)9-12-22(20,23)4/h16-20,25H,5-14H2,1-4H3/t16-,17-,18-,19+,20-,21-,22+,23-/m0/s1. The highest BCUT2D eigenvalue weighted by Crippen LogP contribution is 2.68. The van der Waals surface area contributed by atoms with Crippen LogP contribution in [-0.4, -0.2) is 22.8 Å². The second-order valence-corrected chi connectivity index (χ2v) is 10.5. The van der Waals surface area contributed by atoms with Crippen molar-refractivity contribution in [2.75, 3.05) is 0 Å². The number of rotatable bonds is 2. The van der Waals surface area contributed by atoms with Gasteiger partial charge in [-0.05, 0) is 98.7 Å². The quantitative estimate of drug-likeness (QED) is 0.695. The van der Waals surface area contributed by atoms with E-state index in [1.54, 1.807) is 6.92 Å². The lowest BCUT2D eigenvalue weighted by molar-refractivity contribution is -0.169. The first-order valence-corrected chi connectivity index (χ1v) is 11.1. The summed E-state index contributed by atoms with van der Waals surface area (Å²) in [5.74, 6) is 2.89. The van der Waals surface area contributed by atoms with E-state index in [4.69, 9.17) is 4.74 Å². The van der Waals surface area contributed by atoms with Crippen LogP contribution in [0.3, 0.4) is 0 Å². The molecule has 4 rings (SSSR count). The molecule has 4 aliphatic carbocycles. The molecule has 8 atom stereocenters. The van der Waals surface area contributed by atoms with Crippen LogP contribution in [0.25, 0.3) is 0 Å². The molecule has 0 spiro atoms. The van der Waals surface area contributed by atoms with Crippen molar-refractivity contribution in [2.24, 2.45) is 34.5 Å². The highest BCUT2D eigenvalue weighted by Gasteiger charge is 2.64. The molecule has 4 fully saturated rings. The van der Waals surface area contributed by atoms with Crippen LogP contribution in [0.1, 0.15) is 91.9 Å². The summed E-state index contributed by atoms with van der Waals surface area (Å²) in [6.45, 7) is 8.66. The lowest BCUT2D eigenvalue weighted by atomic mass is 9.44. The van der Waals surface area contributed by atoms with Gasteiger partial charge in [-0.1, -0.05) is 20.8 Å². The zero-order chi connectivity index (χ0) is 18.7. The minimum Gasteiger partial charge on any atom is -0.463 e. The minimum atomic E-state index is -0.437. The van der Waals surface area contributed by atoms with Crippen LogP contribution in [0.2, 0.25) is 0 Å². The van der Waals surface area contributed by atoms with Crippen LogP contribution in [-0.2, 0) is 9.53 Å². The number of esters is 1. The molecule has 0 aromatic carbocycles. The molecule has 0 saturated heterocycles. The van der Waals surface area contributed by atoms with Gasteiger partial charge in [0.15, 0.2) is 0 Å². The number of hydrogen-bond donors (Lipinski definition) is 1. The van der Waals surface area contributed by atoms with Crippen LogP contribution in [0.15, 0.2) is 0 Å². The van der Waals surface area contributed by atoms with E-state index in [-0.39, 0.29) is 17.5 Å². The lowest BCUT2D eigenvalue weighted by Gasteiger charge is -2.61. The van der Waals surface area contributed by atoms with E-state index in [9.17, 15) is 9.90 Å². The van der Waals surface area contributed by atoms with Gasteiger partial charge >= 0.3 is 5.97 Å². The van der Waals surface area contributed by atoms with Gasteiger partial charge in [0.25, 0.3) is 0 Å². The molecule has 4 aliphatic rings. The Morgan fingerprint density at radius 2 is 1.77 bits per heavy atom. The number of fused-ring (bicyclic) bond motifs is 5. The maximum atomic E-state index is 11.4. The lowest BCUT2D eigenvalue weighted by Crippen LogP contribution is -2.56. The summed E-state index contributed by atoms with van der Waals surface area (Å²) >= 11 is 0. The second-order valence-electron chi connectivity index (χ2n) is 10.5. The Kier molecular flexibility index (Phi) is 4.49. The van der Waals surface area contributed by atoms with Crippen molar-refractivity contribution in [3.8, 4) is 0 Å². The van der Waals surface area contributed by atoms with Crippen molar-refractivity contribution < 1.29 is 14.6 Å². The average Bonchev–Trinajstić information content (AvgIpc) is 2.87. The summed E-state index contributed by atoms with van der Waals surface area (Å²) in [6.07, 6.45) is 11.7. The van der Waals surface area contributed by atoms with E-state index in [1.165, 1.54) is 38.5 Å². The molecule has 0 aromatic rings. The Morgan fingerprint density at radius 1 is 1.04 bits per heavy atom. The van der Waals surface area contributed by atoms with Crippen LogP contribution < -0.4 is 0 Å². The highest BCUT2D eigenvalue weighted by atomic mass is 16.5. The fourth-order valence-corrected chi connectivity index (χ4v) is 8.25. The van der Waals surface area contributed by atoms with E-state index >= 15 is 0 Å². The zero-order valence-corrected chi connectivity index (χ0v) is 17.2. The molecule has 0 unspecified atom stereocenters. The van der Waals surface area contributed by atoms with Crippen molar-refractivity contribution in [1.82, 2.24) is 0 Å². The first-order chi connectivity index (χ1) is 12.2. The van der Waals surface area contributed by atoms with Gasteiger partial charge in [0.1, 0.15) is 6.10 Å². The van der Waals surface area contributed by atoms with E-state index in [2.05, 4.69) is 20.8 Å². The van der Waals surface area contributed by atoms with Crippen LogP contribution in [0, 0.1) is 34.5 Å². The molecule has 0 bridgehead atoms. The maximum Gasteiger partial charge on any atom is 0.302 e. The molecule has 0 aromatic heterocycles. The number of aliphatic hydroxyl groups is 1. The van der Waals surface area contributed by atoms with Gasteiger partial charge in [0.05, 0.1) is 5.60 Å². The van der Waals surface area contributed by atoms with Gasteiger partial charge in [0.2, 0.25) is 0 Å². The topological polar surface area (TPSA) is 46.5 Å². The van der Waals surface area contributed by atoms with E-state index in [1.807, 2.05) is 0 Å². The predicted molar refractivity (Wildman–Crippen MR) is 103 cm³/mol. The number of ether oxygens (including phenoxy) is 1. The Morgan fingerprint density at radius 3 is 2.46 bits per heavy atom. The van der Waals surface area contributed by atoms with Crippen LogP contribution in [0.5, 0.6) is 0 Å². The molecule has 0 amide bonds. The molecule has 4 saturated carbocycles. The summed E-state index contributed by atoms with van der Waals surface area (Å²) in [6, 6.07) is 0. The van der Waals surface area contributed by atoms with E-state index in [0.717, 1.165) is 37.5 Å². The molecule has 1 N–H and O–H groups in total. The largest absolute Gasteiger partial charge is 0.463 e. The van der Waals surface area contributed by atoms with E-state index in [0.29, 0.717) is 17.3 Å². The summed E-state index contributed by atoms with van der Waals surface area (Å²) in [7, 11) is 0. The third-order valence-corrected chi connectivity index (χ3v) is 9.86. The highest BCUT2D eigenvalue weighted by molar-refractivity contribution is 5.66. The fourth-order valence-electron chi connectivity index (χ4n) is 8.25. The first-order valence-electron chi connectivity index (χ1n) is 11.1. The van der Waals surface area contributed by atoms with Gasteiger partial charge < -0.3 is 9.84 Å². The summed E-state index contributed by atoms with van der Waals surface area (Å²) in [5, 5.41) is 11.3. The van der Waals surface area contributed by atoms with Crippen LogP contribution in [0.4, 0.5) is 0 Å². The number of hydrogen-bond acceptors (Lipinski definition) is 3. The van der Waals surface area contributed by atoms with Crippen molar-refractivity contribution >= 4 is 5.97 Å².